The van der Waals surface area contributed by atoms with Crippen LogP contribution in [0.25, 0.3) is 10.8 Å². The quantitative estimate of drug-likeness (QED) is 0.514. The number of allylic oxidation sites excluding steroid dienone is 2. The Morgan fingerprint density at radius 1 is 1.12 bits per heavy atom. The van der Waals surface area contributed by atoms with Crippen LogP contribution in [-0.4, -0.2) is 6.61 Å². The SMILES string of the molecule is C/C=C/CCC1CCC(c2ccc3c(F)c(OCC)ccc3c2)CC1. The number of ether oxygens (including phenoxy) is 1. The molecule has 1 aliphatic rings. The van der Waals surface area contributed by atoms with E-state index in [9.17, 15) is 4.39 Å². The van der Waals surface area contributed by atoms with E-state index in [1.807, 2.05) is 19.1 Å². The maximum absolute atomic E-state index is 14.5. The Labute approximate surface area is 150 Å². The van der Waals surface area contributed by atoms with Gasteiger partial charge in [0.25, 0.3) is 0 Å². The van der Waals surface area contributed by atoms with Gasteiger partial charge in [0.1, 0.15) is 0 Å². The average molecular weight is 340 g/mol. The van der Waals surface area contributed by atoms with E-state index >= 15 is 0 Å². The summed E-state index contributed by atoms with van der Waals surface area (Å²) in [4.78, 5) is 0. The standard InChI is InChI=1S/C23H29FO/c1-3-5-6-7-17-8-10-18(11-9-17)19-12-14-21-20(16-19)13-15-22(23(21)24)25-4-2/h3,5,12-18H,4,6-11H2,1-2H3/b5-3+. The predicted octanol–water partition coefficient (Wildman–Crippen LogP) is 7.01. The molecule has 2 aromatic carbocycles. The van der Waals surface area contributed by atoms with E-state index in [2.05, 4.69) is 31.2 Å². The lowest BCUT2D eigenvalue weighted by Crippen LogP contribution is -2.13. The molecular weight excluding hydrogens is 311 g/mol. The van der Waals surface area contributed by atoms with E-state index in [1.54, 1.807) is 6.07 Å². The Morgan fingerprint density at radius 3 is 2.64 bits per heavy atom. The zero-order chi connectivity index (χ0) is 17.6. The monoisotopic (exact) mass is 340 g/mol. The first-order valence-corrected chi connectivity index (χ1v) is 9.69. The van der Waals surface area contributed by atoms with E-state index < -0.39 is 0 Å². The third-order valence-electron chi connectivity index (χ3n) is 5.54. The van der Waals surface area contributed by atoms with Gasteiger partial charge < -0.3 is 4.74 Å². The van der Waals surface area contributed by atoms with Crippen LogP contribution in [0, 0.1) is 11.7 Å². The van der Waals surface area contributed by atoms with Crippen LogP contribution < -0.4 is 4.74 Å². The van der Waals surface area contributed by atoms with Gasteiger partial charge in [-0.25, -0.2) is 4.39 Å². The molecule has 134 valence electrons. The molecule has 1 fully saturated rings. The lowest BCUT2D eigenvalue weighted by atomic mass is 9.77. The van der Waals surface area contributed by atoms with E-state index in [4.69, 9.17) is 4.74 Å². The topological polar surface area (TPSA) is 9.23 Å². The van der Waals surface area contributed by atoms with E-state index in [1.165, 1.54) is 44.1 Å². The molecule has 0 N–H and O–H groups in total. The number of hydrogen-bond acceptors (Lipinski definition) is 1. The third-order valence-corrected chi connectivity index (χ3v) is 5.54. The van der Waals surface area contributed by atoms with Gasteiger partial charge in [0, 0.05) is 5.39 Å². The van der Waals surface area contributed by atoms with Crippen molar-refractivity contribution in [3.8, 4) is 5.75 Å². The second-order valence-corrected chi connectivity index (χ2v) is 7.16. The fraction of sp³-hybridized carbons (Fsp3) is 0.478. The Hall–Kier alpha value is -1.83. The first kappa shape index (κ1) is 18.0. The Bertz CT molecular complexity index is 726. The van der Waals surface area contributed by atoms with Crippen molar-refractivity contribution in [3.05, 3.63) is 53.9 Å². The maximum atomic E-state index is 14.5. The largest absolute Gasteiger partial charge is 0.491 e. The Kier molecular flexibility index (Phi) is 6.12. The van der Waals surface area contributed by atoms with Gasteiger partial charge in [0.05, 0.1) is 6.61 Å². The van der Waals surface area contributed by atoms with Gasteiger partial charge in [-0.3, -0.25) is 0 Å². The van der Waals surface area contributed by atoms with Crippen LogP contribution in [0.4, 0.5) is 4.39 Å². The molecule has 2 heteroatoms. The van der Waals surface area contributed by atoms with Crippen LogP contribution in [0.1, 0.15) is 63.9 Å². The Balaban J connectivity index is 1.69. The van der Waals surface area contributed by atoms with Crippen molar-refractivity contribution in [1.29, 1.82) is 0 Å². The molecule has 0 aromatic heterocycles. The van der Waals surface area contributed by atoms with Gasteiger partial charge in [0.15, 0.2) is 11.6 Å². The molecule has 2 aromatic rings. The molecule has 0 heterocycles. The van der Waals surface area contributed by atoms with Crippen LogP contribution in [0.3, 0.4) is 0 Å². The van der Waals surface area contributed by atoms with Gasteiger partial charge in [-0.05, 0) is 81.2 Å². The summed E-state index contributed by atoms with van der Waals surface area (Å²) in [6.45, 7) is 4.45. The van der Waals surface area contributed by atoms with Gasteiger partial charge in [0.2, 0.25) is 0 Å². The molecule has 3 rings (SSSR count). The molecule has 0 aliphatic heterocycles. The molecule has 0 saturated heterocycles. The van der Waals surface area contributed by atoms with Crippen LogP contribution >= 0.6 is 0 Å². The van der Waals surface area contributed by atoms with Crippen molar-refractivity contribution in [1.82, 2.24) is 0 Å². The highest BCUT2D eigenvalue weighted by molar-refractivity contribution is 5.85. The van der Waals surface area contributed by atoms with Gasteiger partial charge in [-0.15, -0.1) is 0 Å². The van der Waals surface area contributed by atoms with Crippen molar-refractivity contribution in [2.75, 3.05) is 6.61 Å². The van der Waals surface area contributed by atoms with E-state index in [0.717, 1.165) is 11.3 Å². The van der Waals surface area contributed by atoms with Gasteiger partial charge in [-0.2, -0.15) is 0 Å². The summed E-state index contributed by atoms with van der Waals surface area (Å²) in [6, 6.07) is 9.96. The number of fused-ring (bicyclic) bond motifs is 1. The average Bonchev–Trinajstić information content (AvgIpc) is 2.65. The van der Waals surface area contributed by atoms with Crippen molar-refractivity contribution in [2.24, 2.45) is 5.92 Å². The number of rotatable bonds is 6. The van der Waals surface area contributed by atoms with Crippen molar-refractivity contribution < 1.29 is 9.13 Å². The molecule has 0 amide bonds. The second kappa shape index (κ2) is 8.51. The predicted molar refractivity (Wildman–Crippen MR) is 104 cm³/mol. The van der Waals surface area contributed by atoms with E-state index in [0.29, 0.717) is 23.7 Å². The summed E-state index contributed by atoms with van der Waals surface area (Å²) in [5.74, 6) is 1.61. The smallest absolute Gasteiger partial charge is 0.172 e. The highest BCUT2D eigenvalue weighted by atomic mass is 19.1. The lowest BCUT2D eigenvalue weighted by molar-refractivity contribution is 0.312. The summed E-state index contributed by atoms with van der Waals surface area (Å²) in [5.41, 5.74) is 1.36. The molecule has 1 aliphatic carbocycles. The minimum Gasteiger partial charge on any atom is -0.491 e. The van der Waals surface area contributed by atoms with Crippen molar-refractivity contribution >= 4 is 10.8 Å². The minimum absolute atomic E-state index is 0.237. The summed E-state index contributed by atoms with van der Waals surface area (Å²) >= 11 is 0. The van der Waals surface area contributed by atoms with E-state index in [-0.39, 0.29) is 5.82 Å². The maximum Gasteiger partial charge on any atom is 0.172 e. The number of halogens is 1. The normalized spacial score (nSPS) is 21.1. The summed E-state index contributed by atoms with van der Waals surface area (Å²) < 4.78 is 19.9. The molecule has 1 saturated carbocycles. The second-order valence-electron chi connectivity index (χ2n) is 7.16. The molecule has 25 heavy (non-hydrogen) atoms. The zero-order valence-electron chi connectivity index (χ0n) is 15.4. The highest BCUT2D eigenvalue weighted by Gasteiger charge is 2.22. The first-order valence-electron chi connectivity index (χ1n) is 9.69. The fourth-order valence-corrected chi connectivity index (χ4v) is 4.09. The van der Waals surface area contributed by atoms with Crippen molar-refractivity contribution in [2.45, 2.75) is 58.3 Å². The van der Waals surface area contributed by atoms with Gasteiger partial charge >= 0.3 is 0 Å². The fourth-order valence-electron chi connectivity index (χ4n) is 4.09. The van der Waals surface area contributed by atoms with Crippen LogP contribution in [0.5, 0.6) is 5.75 Å². The molecule has 0 bridgehead atoms. The number of hydrogen-bond donors (Lipinski definition) is 0. The molecule has 1 nitrogen and oxygen atoms in total. The molecule has 0 radical (unpaired) electrons. The summed E-state index contributed by atoms with van der Waals surface area (Å²) in [7, 11) is 0. The van der Waals surface area contributed by atoms with Gasteiger partial charge in [-0.1, -0.05) is 36.4 Å². The molecular formula is C23H29FO. The first-order chi connectivity index (χ1) is 12.2. The van der Waals surface area contributed by atoms with Crippen LogP contribution in [0.15, 0.2) is 42.5 Å². The summed E-state index contributed by atoms with van der Waals surface area (Å²) in [6.07, 6.45) is 12.1. The van der Waals surface area contributed by atoms with Crippen LogP contribution in [0.2, 0.25) is 0 Å². The minimum atomic E-state index is -0.237. The van der Waals surface area contributed by atoms with Crippen molar-refractivity contribution in [3.63, 3.8) is 0 Å². The lowest BCUT2D eigenvalue weighted by Gasteiger charge is -2.29. The third kappa shape index (κ3) is 4.23. The molecule has 0 spiro atoms. The molecule has 0 unspecified atom stereocenters. The Morgan fingerprint density at radius 2 is 1.92 bits per heavy atom. The summed E-state index contributed by atoms with van der Waals surface area (Å²) in [5, 5.41) is 1.64. The molecule has 0 atom stereocenters. The zero-order valence-corrected chi connectivity index (χ0v) is 15.4. The van der Waals surface area contributed by atoms with Crippen LogP contribution in [-0.2, 0) is 0 Å². The highest BCUT2D eigenvalue weighted by Crippen LogP contribution is 2.39. The number of benzene rings is 2.